The van der Waals surface area contributed by atoms with Crippen LogP contribution < -0.4 is 5.56 Å². The fourth-order valence-corrected chi connectivity index (χ4v) is 1.91. The van der Waals surface area contributed by atoms with Crippen LogP contribution in [0.15, 0.2) is 41.6 Å². The van der Waals surface area contributed by atoms with Crippen LogP contribution in [0.2, 0.25) is 0 Å². The third kappa shape index (κ3) is 3.51. The number of carbonyl (C=O) groups is 1. The molecule has 2 rings (SSSR count). The van der Waals surface area contributed by atoms with Gasteiger partial charge in [0.15, 0.2) is 0 Å². The minimum atomic E-state index is -0.354. The lowest BCUT2D eigenvalue weighted by Crippen LogP contribution is -2.35. The average molecular weight is 288 g/mol. The number of likely N-dealkylation sites (N-methyl/N-ethyl adjacent to an activating group) is 1. The number of aromatic amines is 1. The number of nitrogens with zero attached hydrogens (tertiary/aromatic N) is 3. The summed E-state index contributed by atoms with van der Waals surface area (Å²) < 4.78 is 5.17. The number of nitrogens with one attached hydrogen (secondary N) is 1. The minimum Gasteiger partial charge on any atom is -0.382 e. The molecular formula is C14H16N4O3. The van der Waals surface area contributed by atoms with E-state index >= 15 is 0 Å². The van der Waals surface area contributed by atoms with Crippen LogP contribution in [0, 0.1) is 0 Å². The predicted molar refractivity (Wildman–Crippen MR) is 75.8 cm³/mol. The Morgan fingerprint density at radius 1 is 1.43 bits per heavy atom. The van der Waals surface area contributed by atoms with E-state index in [4.69, 9.17) is 4.74 Å². The molecule has 0 aromatic carbocycles. The van der Waals surface area contributed by atoms with E-state index in [1.165, 1.54) is 11.1 Å². The van der Waals surface area contributed by atoms with E-state index in [-0.39, 0.29) is 23.2 Å². The molecule has 2 aromatic heterocycles. The second-order valence-corrected chi connectivity index (χ2v) is 4.44. The van der Waals surface area contributed by atoms with Gasteiger partial charge in [-0.15, -0.1) is 0 Å². The SMILES string of the molecule is COC[C@H](c1ccccn1)N(C)C(=O)c1c[nH]c(=O)cn1. The van der Waals surface area contributed by atoms with Gasteiger partial charge in [-0.2, -0.15) is 0 Å². The number of ether oxygens (including phenoxy) is 1. The zero-order valence-electron chi connectivity index (χ0n) is 11.8. The Morgan fingerprint density at radius 3 is 2.81 bits per heavy atom. The molecule has 0 spiro atoms. The van der Waals surface area contributed by atoms with Gasteiger partial charge in [-0.25, -0.2) is 4.98 Å². The van der Waals surface area contributed by atoms with Crippen molar-refractivity contribution < 1.29 is 9.53 Å². The van der Waals surface area contributed by atoms with E-state index in [2.05, 4.69) is 15.0 Å². The smallest absolute Gasteiger partial charge is 0.274 e. The number of amides is 1. The van der Waals surface area contributed by atoms with Gasteiger partial charge in [0.2, 0.25) is 0 Å². The minimum absolute atomic E-state index is 0.161. The topological polar surface area (TPSA) is 88.2 Å². The Labute approximate surface area is 121 Å². The van der Waals surface area contributed by atoms with Gasteiger partial charge in [-0.05, 0) is 12.1 Å². The molecule has 0 unspecified atom stereocenters. The first kappa shape index (κ1) is 14.9. The molecule has 0 radical (unpaired) electrons. The monoisotopic (exact) mass is 288 g/mol. The largest absolute Gasteiger partial charge is 0.382 e. The predicted octanol–water partition coefficient (Wildman–Crippen LogP) is 0.625. The summed E-state index contributed by atoms with van der Waals surface area (Å²) in [6.45, 7) is 0.308. The molecule has 7 heteroatoms. The molecule has 0 aliphatic carbocycles. The van der Waals surface area contributed by atoms with Crippen molar-refractivity contribution in [3.63, 3.8) is 0 Å². The number of methoxy groups -OCH3 is 1. The van der Waals surface area contributed by atoms with Gasteiger partial charge in [0.25, 0.3) is 11.5 Å². The van der Waals surface area contributed by atoms with Gasteiger partial charge in [0, 0.05) is 26.6 Å². The molecule has 0 bridgehead atoms. The van der Waals surface area contributed by atoms with Crippen LogP contribution >= 0.6 is 0 Å². The van der Waals surface area contributed by atoms with E-state index in [1.807, 2.05) is 12.1 Å². The van der Waals surface area contributed by atoms with E-state index in [1.54, 1.807) is 26.4 Å². The fraction of sp³-hybridized carbons (Fsp3) is 0.286. The molecular weight excluding hydrogens is 272 g/mol. The molecule has 21 heavy (non-hydrogen) atoms. The Bertz CT molecular complexity index is 636. The molecule has 0 saturated heterocycles. The van der Waals surface area contributed by atoms with Crippen LogP contribution in [0.25, 0.3) is 0 Å². The van der Waals surface area contributed by atoms with Crippen LogP contribution in [-0.4, -0.2) is 46.5 Å². The van der Waals surface area contributed by atoms with Gasteiger partial charge < -0.3 is 14.6 Å². The highest BCUT2D eigenvalue weighted by molar-refractivity contribution is 5.92. The number of aromatic nitrogens is 3. The Hall–Kier alpha value is -2.54. The van der Waals surface area contributed by atoms with E-state index < -0.39 is 0 Å². The first-order chi connectivity index (χ1) is 10.1. The van der Waals surface area contributed by atoms with E-state index in [9.17, 15) is 9.59 Å². The summed E-state index contributed by atoms with van der Waals surface area (Å²) in [5.41, 5.74) is 0.529. The van der Waals surface area contributed by atoms with Crippen LogP contribution in [0.5, 0.6) is 0 Å². The molecule has 2 aromatic rings. The van der Waals surface area contributed by atoms with Crippen LogP contribution in [0.3, 0.4) is 0 Å². The quantitative estimate of drug-likeness (QED) is 0.871. The molecule has 0 saturated carbocycles. The molecule has 0 aliphatic heterocycles. The second-order valence-electron chi connectivity index (χ2n) is 4.44. The molecule has 1 amide bonds. The normalized spacial score (nSPS) is 11.9. The van der Waals surface area contributed by atoms with Gasteiger partial charge in [-0.3, -0.25) is 14.6 Å². The average Bonchev–Trinajstić information content (AvgIpc) is 2.53. The number of rotatable bonds is 5. The van der Waals surface area contributed by atoms with Gasteiger partial charge in [-0.1, -0.05) is 6.07 Å². The fourth-order valence-electron chi connectivity index (χ4n) is 1.91. The lowest BCUT2D eigenvalue weighted by molar-refractivity contribution is 0.0589. The molecule has 1 atom stereocenters. The summed E-state index contributed by atoms with van der Waals surface area (Å²) in [4.78, 5) is 35.4. The Balaban J connectivity index is 2.26. The summed E-state index contributed by atoms with van der Waals surface area (Å²) in [7, 11) is 3.21. The van der Waals surface area contributed by atoms with Crippen LogP contribution in [-0.2, 0) is 4.74 Å². The molecule has 0 fully saturated rings. The number of hydrogen-bond donors (Lipinski definition) is 1. The van der Waals surface area contributed by atoms with E-state index in [0.29, 0.717) is 6.61 Å². The summed E-state index contributed by atoms with van der Waals surface area (Å²) in [5.74, 6) is -0.320. The molecule has 0 aliphatic rings. The molecule has 2 heterocycles. The summed E-state index contributed by atoms with van der Waals surface area (Å²) >= 11 is 0. The zero-order chi connectivity index (χ0) is 15.2. The van der Waals surface area contributed by atoms with Crippen molar-refractivity contribution in [3.05, 3.63) is 58.5 Å². The van der Waals surface area contributed by atoms with Gasteiger partial charge in [0.1, 0.15) is 5.69 Å². The number of hydrogen-bond acceptors (Lipinski definition) is 5. The Kier molecular flexibility index (Phi) is 4.78. The molecule has 7 nitrogen and oxygen atoms in total. The third-order valence-electron chi connectivity index (χ3n) is 3.03. The van der Waals surface area contributed by atoms with Crippen molar-refractivity contribution >= 4 is 5.91 Å². The van der Waals surface area contributed by atoms with Gasteiger partial charge >= 0.3 is 0 Å². The van der Waals surface area contributed by atoms with Crippen molar-refractivity contribution in [2.24, 2.45) is 0 Å². The number of H-pyrrole nitrogens is 1. The lowest BCUT2D eigenvalue weighted by atomic mass is 10.1. The van der Waals surface area contributed by atoms with Crippen molar-refractivity contribution in [3.8, 4) is 0 Å². The van der Waals surface area contributed by atoms with Crippen LogP contribution in [0.1, 0.15) is 22.2 Å². The summed E-state index contributed by atoms with van der Waals surface area (Å²) in [6.07, 6.45) is 4.03. The highest BCUT2D eigenvalue weighted by Crippen LogP contribution is 2.18. The highest BCUT2D eigenvalue weighted by Gasteiger charge is 2.24. The number of pyridine rings is 1. The van der Waals surface area contributed by atoms with Crippen molar-refractivity contribution in [1.82, 2.24) is 19.9 Å². The van der Waals surface area contributed by atoms with E-state index in [0.717, 1.165) is 11.9 Å². The Morgan fingerprint density at radius 2 is 2.24 bits per heavy atom. The van der Waals surface area contributed by atoms with Crippen molar-refractivity contribution in [2.45, 2.75) is 6.04 Å². The second kappa shape index (κ2) is 6.76. The highest BCUT2D eigenvalue weighted by atomic mass is 16.5. The molecule has 1 N–H and O–H groups in total. The van der Waals surface area contributed by atoms with Crippen LogP contribution in [0.4, 0.5) is 0 Å². The maximum atomic E-state index is 12.4. The maximum Gasteiger partial charge on any atom is 0.274 e. The summed E-state index contributed by atoms with van der Waals surface area (Å²) in [5, 5.41) is 0. The first-order valence-electron chi connectivity index (χ1n) is 6.35. The molecule has 110 valence electrons. The van der Waals surface area contributed by atoms with Crippen molar-refractivity contribution in [2.75, 3.05) is 20.8 Å². The number of carbonyl (C=O) groups excluding carboxylic acids is 1. The maximum absolute atomic E-state index is 12.4. The third-order valence-corrected chi connectivity index (χ3v) is 3.03. The lowest BCUT2D eigenvalue weighted by Gasteiger charge is -2.26. The van der Waals surface area contributed by atoms with Gasteiger partial charge in [0.05, 0.1) is 24.5 Å². The summed E-state index contributed by atoms with van der Waals surface area (Å²) in [6, 6.07) is 5.14. The standard InChI is InChI=1S/C14H16N4O3/c1-18(14(20)11-7-17-13(19)8-16-11)12(9-21-2)10-5-3-4-6-15-10/h3-8,12H,9H2,1-2H3,(H,17,19)/t12-/m1/s1. The van der Waals surface area contributed by atoms with Crippen molar-refractivity contribution in [1.29, 1.82) is 0 Å². The zero-order valence-corrected chi connectivity index (χ0v) is 11.8. The first-order valence-corrected chi connectivity index (χ1v) is 6.35.